The number of thiazole rings is 1. The molecule has 0 amide bonds. The highest BCUT2D eigenvalue weighted by molar-refractivity contribution is 7.11. The van der Waals surface area contributed by atoms with Crippen LogP contribution in [0, 0.1) is 6.92 Å². The van der Waals surface area contributed by atoms with Crippen LogP contribution in [0.1, 0.15) is 22.4 Å². The van der Waals surface area contributed by atoms with Crippen LogP contribution in [-0.2, 0) is 13.1 Å². The Morgan fingerprint density at radius 3 is 2.73 bits per heavy atom. The summed E-state index contributed by atoms with van der Waals surface area (Å²) in [6, 6.07) is 3.80. The van der Waals surface area contributed by atoms with Crippen molar-refractivity contribution in [2.24, 2.45) is 4.99 Å². The van der Waals surface area contributed by atoms with Gasteiger partial charge >= 0.3 is 0 Å². The van der Waals surface area contributed by atoms with Crippen LogP contribution in [0.5, 0.6) is 5.88 Å². The van der Waals surface area contributed by atoms with Crippen LogP contribution < -0.4 is 15.4 Å². The summed E-state index contributed by atoms with van der Waals surface area (Å²) in [7, 11) is 1.60. The zero-order valence-corrected chi connectivity index (χ0v) is 13.9. The van der Waals surface area contributed by atoms with E-state index in [1.165, 1.54) is 4.88 Å². The molecule has 2 aromatic heterocycles. The smallest absolute Gasteiger partial charge is 0.212 e. The first-order valence-corrected chi connectivity index (χ1v) is 7.95. The Bertz CT molecular complexity index is 609. The first-order chi connectivity index (χ1) is 10.7. The topological polar surface area (TPSA) is 71.4 Å². The first kappa shape index (κ1) is 16.2. The zero-order valence-electron chi connectivity index (χ0n) is 13.1. The number of methoxy groups -OCH3 is 1. The SMILES string of the molecule is CCNC(=NCc1ccc(OC)nc1)NCc1ncc(C)s1. The fourth-order valence-electron chi connectivity index (χ4n) is 1.78. The summed E-state index contributed by atoms with van der Waals surface area (Å²) in [4.78, 5) is 14.3. The Kier molecular flexibility index (Phi) is 6.14. The predicted molar refractivity (Wildman–Crippen MR) is 89.3 cm³/mol. The number of guanidine groups is 1. The van der Waals surface area contributed by atoms with E-state index < -0.39 is 0 Å². The Hall–Kier alpha value is -2.15. The number of hydrogen-bond donors (Lipinski definition) is 2. The molecule has 6 nitrogen and oxygen atoms in total. The van der Waals surface area contributed by atoms with Gasteiger partial charge in [-0.05, 0) is 19.4 Å². The highest BCUT2D eigenvalue weighted by Crippen LogP contribution is 2.10. The number of aliphatic imine (C=N–C) groups is 1. The summed E-state index contributed by atoms with van der Waals surface area (Å²) in [5, 5.41) is 7.56. The summed E-state index contributed by atoms with van der Waals surface area (Å²) in [5.41, 5.74) is 1.03. The maximum atomic E-state index is 5.05. The Morgan fingerprint density at radius 2 is 2.14 bits per heavy atom. The Balaban J connectivity index is 1.93. The number of hydrogen-bond acceptors (Lipinski definition) is 5. The van der Waals surface area contributed by atoms with Crippen molar-refractivity contribution in [2.45, 2.75) is 26.9 Å². The summed E-state index contributed by atoms with van der Waals surface area (Å²) in [5.74, 6) is 1.38. The van der Waals surface area contributed by atoms with Gasteiger partial charge in [-0.1, -0.05) is 6.07 Å². The number of nitrogens with zero attached hydrogens (tertiary/aromatic N) is 3. The van der Waals surface area contributed by atoms with Gasteiger partial charge in [-0.2, -0.15) is 0 Å². The molecule has 2 aromatic rings. The van der Waals surface area contributed by atoms with E-state index in [1.54, 1.807) is 24.6 Å². The van der Waals surface area contributed by atoms with Crippen molar-refractivity contribution >= 4 is 17.3 Å². The third-order valence-corrected chi connectivity index (χ3v) is 3.76. The fourth-order valence-corrected chi connectivity index (χ4v) is 2.51. The van der Waals surface area contributed by atoms with Gasteiger partial charge < -0.3 is 15.4 Å². The summed E-state index contributed by atoms with van der Waals surface area (Å²) >= 11 is 1.69. The number of nitrogens with one attached hydrogen (secondary N) is 2. The largest absolute Gasteiger partial charge is 0.481 e. The van der Waals surface area contributed by atoms with Crippen molar-refractivity contribution < 1.29 is 4.74 Å². The lowest BCUT2D eigenvalue weighted by Gasteiger charge is -2.10. The molecule has 0 aromatic carbocycles. The number of aryl methyl sites for hydroxylation is 1. The van der Waals surface area contributed by atoms with Gasteiger partial charge in [0, 0.05) is 29.9 Å². The molecule has 22 heavy (non-hydrogen) atoms. The Labute approximate surface area is 134 Å². The van der Waals surface area contributed by atoms with Crippen molar-refractivity contribution in [1.82, 2.24) is 20.6 Å². The van der Waals surface area contributed by atoms with E-state index in [-0.39, 0.29) is 0 Å². The van der Waals surface area contributed by atoms with Crippen LogP contribution in [0.25, 0.3) is 0 Å². The molecule has 118 valence electrons. The summed E-state index contributed by atoms with van der Waals surface area (Å²) in [6.45, 7) is 6.13. The van der Waals surface area contributed by atoms with Gasteiger partial charge in [0.2, 0.25) is 5.88 Å². The summed E-state index contributed by atoms with van der Waals surface area (Å²) in [6.07, 6.45) is 3.66. The standard InChI is InChI=1S/C15H21N5OS/c1-4-16-15(20-10-14-18-7-11(2)22-14)19-9-12-5-6-13(21-3)17-8-12/h5-8H,4,9-10H2,1-3H3,(H2,16,19,20). The molecule has 0 fully saturated rings. The molecule has 0 spiro atoms. The predicted octanol–water partition coefficient (Wildman–Crippen LogP) is 2.11. The van der Waals surface area contributed by atoms with Crippen molar-refractivity contribution in [1.29, 1.82) is 0 Å². The maximum absolute atomic E-state index is 5.05. The van der Waals surface area contributed by atoms with Gasteiger partial charge in [0.15, 0.2) is 5.96 Å². The highest BCUT2D eigenvalue weighted by Gasteiger charge is 2.02. The third kappa shape index (κ3) is 5.00. The molecular formula is C15H21N5OS. The van der Waals surface area contributed by atoms with Gasteiger partial charge in [-0.15, -0.1) is 11.3 Å². The average molecular weight is 319 g/mol. The van der Waals surface area contributed by atoms with Crippen LogP contribution in [0.4, 0.5) is 0 Å². The van der Waals surface area contributed by atoms with Crippen molar-refractivity contribution in [3.63, 3.8) is 0 Å². The molecule has 0 radical (unpaired) electrons. The minimum atomic E-state index is 0.559. The van der Waals surface area contributed by atoms with Gasteiger partial charge in [0.05, 0.1) is 20.2 Å². The molecule has 0 aliphatic heterocycles. The number of aromatic nitrogens is 2. The summed E-state index contributed by atoms with van der Waals surface area (Å²) < 4.78 is 5.05. The van der Waals surface area contributed by atoms with Crippen molar-refractivity contribution in [3.8, 4) is 5.88 Å². The van der Waals surface area contributed by atoms with Crippen LogP contribution in [0.2, 0.25) is 0 Å². The van der Waals surface area contributed by atoms with E-state index >= 15 is 0 Å². The molecule has 0 atom stereocenters. The molecule has 0 aliphatic carbocycles. The second-order valence-corrected chi connectivity index (χ2v) is 5.94. The van der Waals surface area contributed by atoms with Gasteiger partial charge in [0.25, 0.3) is 0 Å². The van der Waals surface area contributed by atoms with Gasteiger partial charge in [-0.25, -0.2) is 15.0 Å². The normalized spacial score (nSPS) is 11.3. The lowest BCUT2D eigenvalue weighted by atomic mass is 10.3. The third-order valence-electron chi connectivity index (χ3n) is 2.85. The highest BCUT2D eigenvalue weighted by atomic mass is 32.1. The lowest BCUT2D eigenvalue weighted by Crippen LogP contribution is -2.36. The van der Waals surface area contributed by atoms with E-state index in [1.807, 2.05) is 25.3 Å². The van der Waals surface area contributed by atoms with E-state index in [0.717, 1.165) is 23.1 Å². The minimum absolute atomic E-state index is 0.559. The number of ether oxygens (including phenoxy) is 1. The van der Waals surface area contributed by atoms with Crippen LogP contribution in [0.3, 0.4) is 0 Å². The zero-order chi connectivity index (χ0) is 15.8. The van der Waals surface area contributed by atoms with Gasteiger partial charge in [0.1, 0.15) is 5.01 Å². The second-order valence-electron chi connectivity index (χ2n) is 4.62. The fraction of sp³-hybridized carbons (Fsp3) is 0.400. The maximum Gasteiger partial charge on any atom is 0.212 e. The lowest BCUT2D eigenvalue weighted by molar-refractivity contribution is 0.397. The van der Waals surface area contributed by atoms with E-state index in [4.69, 9.17) is 4.74 Å². The molecule has 0 aliphatic rings. The average Bonchev–Trinajstić information content (AvgIpc) is 2.96. The van der Waals surface area contributed by atoms with Crippen molar-refractivity contribution in [2.75, 3.05) is 13.7 Å². The number of rotatable bonds is 6. The molecule has 7 heteroatoms. The molecule has 2 heterocycles. The molecule has 2 N–H and O–H groups in total. The molecule has 0 saturated carbocycles. The molecular weight excluding hydrogens is 298 g/mol. The molecule has 0 unspecified atom stereocenters. The molecule has 0 saturated heterocycles. The van der Waals surface area contributed by atoms with E-state index in [9.17, 15) is 0 Å². The minimum Gasteiger partial charge on any atom is -0.481 e. The van der Waals surface area contributed by atoms with E-state index in [0.29, 0.717) is 19.0 Å². The van der Waals surface area contributed by atoms with E-state index in [2.05, 4.69) is 32.5 Å². The van der Waals surface area contributed by atoms with Crippen molar-refractivity contribution in [3.05, 3.63) is 40.0 Å². The monoisotopic (exact) mass is 319 g/mol. The molecule has 2 rings (SSSR count). The Morgan fingerprint density at radius 1 is 1.27 bits per heavy atom. The quantitative estimate of drug-likeness (QED) is 0.630. The second kappa shape index (κ2) is 8.33. The van der Waals surface area contributed by atoms with Gasteiger partial charge in [-0.3, -0.25) is 0 Å². The molecule has 0 bridgehead atoms. The first-order valence-electron chi connectivity index (χ1n) is 7.13. The van der Waals surface area contributed by atoms with Crippen LogP contribution >= 0.6 is 11.3 Å². The number of pyridine rings is 1. The van der Waals surface area contributed by atoms with Crippen LogP contribution in [0.15, 0.2) is 29.5 Å². The van der Waals surface area contributed by atoms with Crippen LogP contribution in [-0.4, -0.2) is 29.6 Å².